The van der Waals surface area contributed by atoms with Crippen LogP contribution in [0.25, 0.3) is 10.6 Å². The highest BCUT2D eigenvalue weighted by Gasteiger charge is 2.28. The van der Waals surface area contributed by atoms with E-state index in [1.54, 1.807) is 11.3 Å². The molecule has 0 bridgehead atoms. The minimum absolute atomic E-state index is 0.0151. The Bertz CT molecular complexity index is 1020. The van der Waals surface area contributed by atoms with Gasteiger partial charge in [-0.25, -0.2) is 0 Å². The van der Waals surface area contributed by atoms with Crippen molar-refractivity contribution in [2.24, 2.45) is 5.92 Å². The number of nitrogens with zero attached hydrogens (tertiary/aromatic N) is 4. The molecule has 0 saturated carbocycles. The van der Waals surface area contributed by atoms with E-state index < -0.39 is 0 Å². The zero-order valence-electron chi connectivity index (χ0n) is 18.0. The average Bonchev–Trinajstić information content (AvgIpc) is 3.43. The van der Waals surface area contributed by atoms with Gasteiger partial charge in [0.1, 0.15) is 5.69 Å². The molecule has 0 atom stereocenters. The lowest BCUT2D eigenvalue weighted by Gasteiger charge is -2.35. The van der Waals surface area contributed by atoms with E-state index in [2.05, 4.69) is 26.0 Å². The molecule has 162 valence electrons. The molecule has 31 heavy (non-hydrogen) atoms. The zero-order chi connectivity index (χ0) is 21.8. The van der Waals surface area contributed by atoms with Crippen molar-refractivity contribution >= 4 is 23.2 Å². The second-order valence-electron chi connectivity index (χ2n) is 8.32. The molecule has 4 rings (SSSR count). The third-order valence-electron chi connectivity index (χ3n) is 5.44. The fourth-order valence-corrected chi connectivity index (χ4v) is 4.56. The predicted octanol–water partition coefficient (Wildman–Crippen LogP) is 3.99. The Balaban J connectivity index is 1.51. The summed E-state index contributed by atoms with van der Waals surface area (Å²) in [6.45, 7) is 7.00. The van der Waals surface area contributed by atoms with Gasteiger partial charge in [0, 0.05) is 38.8 Å². The minimum Gasteiger partial charge on any atom is -0.339 e. The predicted molar refractivity (Wildman–Crippen MR) is 123 cm³/mol. The smallest absolute Gasteiger partial charge is 0.257 e. The van der Waals surface area contributed by atoms with Gasteiger partial charge in [-0.3, -0.25) is 14.3 Å². The van der Waals surface area contributed by atoms with E-state index in [1.165, 1.54) is 0 Å². The molecule has 1 aliphatic rings. The van der Waals surface area contributed by atoms with Crippen LogP contribution in [0, 0.1) is 5.92 Å². The molecule has 1 aromatic carbocycles. The van der Waals surface area contributed by atoms with E-state index in [-0.39, 0.29) is 11.8 Å². The molecular formula is C24H28N4O2S. The van der Waals surface area contributed by atoms with Gasteiger partial charge in [-0.2, -0.15) is 5.10 Å². The summed E-state index contributed by atoms with van der Waals surface area (Å²) in [4.78, 5) is 30.5. The molecule has 1 fully saturated rings. The number of benzene rings is 1. The van der Waals surface area contributed by atoms with Gasteiger partial charge in [0.05, 0.1) is 17.0 Å². The summed E-state index contributed by atoms with van der Waals surface area (Å²) in [5.41, 5.74) is 2.49. The third-order valence-corrected chi connectivity index (χ3v) is 6.31. The summed E-state index contributed by atoms with van der Waals surface area (Å²) in [5, 5.41) is 6.75. The highest BCUT2D eigenvalue weighted by molar-refractivity contribution is 7.13. The Morgan fingerprint density at radius 3 is 2.35 bits per heavy atom. The highest BCUT2D eigenvalue weighted by atomic mass is 32.1. The Hall–Kier alpha value is -2.93. The largest absolute Gasteiger partial charge is 0.339 e. The second kappa shape index (κ2) is 9.47. The first-order valence-electron chi connectivity index (χ1n) is 10.7. The van der Waals surface area contributed by atoms with Crippen LogP contribution >= 0.6 is 11.3 Å². The summed E-state index contributed by atoms with van der Waals surface area (Å²) >= 11 is 1.58. The van der Waals surface area contributed by atoms with Gasteiger partial charge in [0.15, 0.2) is 0 Å². The van der Waals surface area contributed by atoms with Crippen LogP contribution in [0.4, 0.5) is 0 Å². The van der Waals surface area contributed by atoms with Crippen molar-refractivity contribution in [3.63, 3.8) is 0 Å². The number of rotatable bonds is 6. The third kappa shape index (κ3) is 5.05. The maximum absolute atomic E-state index is 13.4. The van der Waals surface area contributed by atoms with Crippen LogP contribution in [0.1, 0.15) is 36.2 Å². The van der Waals surface area contributed by atoms with Crippen LogP contribution < -0.4 is 0 Å². The van der Waals surface area contributed by atoms with Gasteiger partial charge in [-0.15, -0.1) is 11.3 Å². The lowest BCUT2D eigenvalue weighted by Crippen LogP contribution is -2.50. The van der Waals surface area contributed by atoms with Crippen molar-refractivity contribution in [1.82, 2.24) is 19.6 Å². The standard InChI is InChI=1S/C24H28N4O2S/c1-18(2)15-22(29)26-10-12-27(13-11-26)24(30)20-17-28(16-19-7-4-3-5-8-19)25-23(20)21-9-6-14-31-21/h3-9,14,17-18H,10-13,15-16H2,1-2H3. The summed E-state index contributed by atoms with van der Waals surface area (Å²) in [6, 6.07) is 14.1. The van der Waals surface area contributed by atoms with Crippen LogP contribution in [-0.2, 0) is 11.3 Å². The first-order chi connectivity index (χ1) is 15.0. The van der Waals surface area contributed by atoms with Crippen molar-refractivity contribution in [3.05, 3.63) is 65.2 Å². The minimum atomic E-state index is -0.0151. The molecule has 0 unspecified atom stereocenters. The van der Waals surface area contributed by atoms with E-state index in [0.29, 0.717) is 50.6 Å². The lowest BCUT2D eigenvalue weighted by atomic mass is 10.1. The molecule has 0 spiro atoms. The molecule has 3 heterocycles. The molecule has 6 nitrogen and oxygen atoms in total. The zero-order valence-corrected chi connectivity index (χ0v) is 18.8. The van der Waals surface area contributed by atoms with Gasteiger partial charge in [-0.1, -0.05) is 50.2 Å². The summed E-state index contributed by atoms with van der Waals surface area (Å²) in [6.07, 6.45) is 2.42. The van der Waals surface area contributed by atoms with Gasteiger partial charge in [-0.05, 0) is 22.9 Å². The lowest BCUT2D eigenvalue weighted by molar-refractivity contribution is -0.133. The number of amides is 2. The van der Waals surface area contributed by atoms with E-state index >= 15 is 0 Å². The molecular weight excluding hydrogens is 408 g/mol. The number of hydrogen-bond acceptors (Lipinski definition) is 4. The molecule has 2 amide bonds. The number of aromatic nitrogens is 2. The number of thiophene rings is 1. The van der Waals surface area contributed by atoms with E-state index in [0.717, 1.165) is 16.1 Å². The highest BCUT2D eigenvalue weighted by Crippen LogP contribution is 2.28. The van der Waals surface area contributed by atoms with Gasteiger partial charge in [0.25, 0.3) is 5.91 Å². The number of piperazine rings is 1. The molecule has 2 aromatic heterocycles. The number of carbonyl (C=O) groups excluding carboxylic acids is 2. The fraction of sp³-hybridized carbons (Fsp3) is 0.375. The summed E-state index contributed by atoms with van der Waals surface area (Å²) < 4.78 is 1.85. The van der Waals surface area contributed by atoms with Crippen molar-refractivity contribution in [2.75, 3.05) is 26.2 Å². The molecule has 0 aliphatic carbocycles. The quantitative estimate of drug-likeness (QED) is 0.587. The normalized spacial score (nSPS) is 14.3. The van der Waals surface area contributed by atoms with Gasteiger partial charge in [0.2, 0.25) is 5.91 Å². The molecule has 7 heteroatoms. The Morgan fingerprint density at radius 1 is 1.00 bits per heavy atom. The summed E-state index contributed by atoms with van der Waals surface area (Å²) in [7, 11) is 0. The van der Waals surface area contributed by atoms with Gasteiger partial charge < -0.3 is 9.80 Å². The van der Waals surface area contributed by atoms with Crippen LogP contribution in [0.5, 0.6) is 0 Å². The summed E-state index contributed by atoms with van der Waals surface area (Å²) in [5.74, 6) is 0.506. The van der Waals surface area contributed by atoms with Crippen molar-refractivity contribution in [3.8, 4) is 10.6 Å². The topological polar surface area (TPSA) is 58.4 Å². The second-order valence-corrected chi connectivity index (χ2v) is 9.27. The van der Waals surface area contributed by atoms with Crippen molar-refractivity contribution in [1.29, 1.82) is 0 Å². The molecule has 1 aliphatic heterocycles. The first-order valence-corrected chi connectivity index (χ1v) is 11.6. The van der Waals surface area contributed by atoms with Crippen molar-refractivity contribution < 1.29 is 9.59 Å². The Morgan fingerprint density at radius 2 is 1.71 bits per heavy atom. The van der Waals surface area contributed by atoms with Gasteiger partial charge >= 0.3 is 0 Å². The van der Waals surface area contributed by atoms with E-state index in [9.17, 15) is 9.59 Å². The maximum Gasteiger partial charge on any atom is 0.257 e. The van der Waals surface area contributed by atoms with Crippen LogP contribution in [0.15, 0.2) is 54.0 Å². The van der Waals surface area contributed by atoms with Crippen LogP contribution in [0.2, 0.25) is 0 Å². The SMILES string of the molecule is CC(C)CC(=O)N1CCN(C(=O)c2cn(Cc3ccccc3)nc2-c2cccs2)CC1. The fourth-order valence-electron chi connectivity index (χ4n) is 3.83. The maximum atomic E-state index is 13.4. The number of hydrogen-bond donors (Lipinski definition) is 0. The monoisotopic (exact) mass is 436 g/mol. The van der Waals surface area contributed by atoms with E-state index in [4.69, 9.17) is 5.10 Å². The molecule has 0 radical (unpaired) electrons. The van der Waals surface area contributed by atoms with Crippen molar-refractivity contribution in [2.45, 2.75) is 26.8 Å². The van der Waals surface area contributed by atoms with E-state index in [1.807, 2.05) is 56.4 Å². The molecule has 0 N–H and O–H groups in total. The molecule has 1 saturated heterocycles. The van der Waals surface area contributed by atoms with Crippen LogP contribution in [0.3, 0.4) is 0 Å². The Kier molecular flexibility index (Phi) is 6.51. The van der Waals surface area contributed by atoms with Crippen LogP contribution in [-0.4, -0.2) is 57.6 Å². The number of carbonyl (C=O) groups is 2. The Labute approximate surface area is 187 Å². The average molecular weight is 437 g/mol. The molecule has 3 aromatic rings. The first kappa shape index (κ1) is 21.3.